The van der Waals surface area contributed by atoms with Gasteiger partial charge in [-0.1, -0.05) is 18.2 Å². The number of carbonyl (C=O) groups is 1. The van der Waals surface area contributed by atoms with E-state index in [0.29, 0.717) is 23.9 Å². The number of ether oxygens (including phenoxy) is 3. The van der Waals surface area contributed by atoms with Gasteiger partial charge in [0.1, 0.15) is 0 Å². The Morgan fingerprint density at radius 1 is 1.24 bits per heavy atom. The second-order valence-electron chi connectivity index (χ2n) is 7.38. The van der Waals surface area contributed by atoms with Crippen LogP contribution in [0, 0.1) is 5.92 Å². The number of nitrogens with zero attached hydrogens (tertiary/aromatic N) is 3. The van der Waals surface area contributed by atoms with E-state index in [9.17, 15) is 4.79 Å². The van der Waals surface area contributed by atoms with Gasteiger partial charge in [-0.15, -0.1) is 0 Å². The first-order valence-electron chi connectivity index (χ1n) is 10.1. The molecule has 3 heterocycles. The molecule has 8 heteroatoms. The summed E-state index contributed by atoms with van der Waals surface area (Å²) in [4.78, 5) is 15.3. The maximum absolute atomic E-state index is 12.9. The number of methoxy groups -OCH3 is 1. The quantitative estimate of drug-likeness (QED) is 0.756. The molecule has 1 N–H and O–H groups in total. The standard InChI is InChI=1S/C21H28N4O4/c1-27-19-14-25(17-5-3-2-4-6-17)23-20(19)21(26)22-13-18(16-7-10-29-15-16)24-8-11-28-12-9-24/h2-6,14,16,18H,7-13,15H2,1H3,(H,22,26). The highest BCUT2D eigenvalue weighted by atomic mass is 16.5. The molecule has 29 heavy (non-hydrogen) atoms. The van der Waals surface area contributed by atoms with Crippen molar-refractivity contribution in [3.8, 4) is 11.4 Å². The SMILES string of the molecule is COc1cn(-c2ccccc2)nc1C(=O)NCC(C1CCOC1)N1CCOCC1. The molecule has 2 atom stereocenters. The van der Waals surface area contributed by atoms with Crippen LogP contribution in [0.4, 0.5) is 0 Å². The van der Waals surface area contributed by atoms with Crippen LogP contribution < -0.4 is 10.1 Å². The fourth-order valence-electron chi connectivity index (χ4n) is 4.02. The summed E-state index contributed by atoms with van der Waals surface area (Å²) in [6, 6.07) is 9.90. The third-order valence-corrected chi connectivity index (χ3v) is 5.63. The molecule has 2 saturated heterocycles. The highest BCUT2D eigenvalue weighted by Crippen LogP contribution is 2.23. The lowest BCUT2D eigenvalue weighted by Gasteiger charge is -2.37. The van der Waals surface area contributed by atoms with E-state index in [0.717, 1.165) is 51.6 Å². The zero-order valence-electron chi connectivity index (χ0n) is 16.8. The Hall–Kier alpha value is -2.42. The van der Waals surface area contributed by atoms with Gasteiger partial charge in [-0.3, -0.25) is 9.69 Å². The van der Waals surface area contributed by atoms with Crippen molar-refractivity contribution >= 4 is 5.91 Å². The number of aromatic nitrogens is 2. The molecule has 2 fully saturated rings. The molecule has 2 unspecified atom stereocenters. The number of rotatable bonds is 7. The second kappa shape index (κ2) is 9.39. The van der Waals surface area contributed by atoms with Crippen LogP contribution in [0.2, 0.25) is 0 Å². The van der Waals surface area contributed by atoms with E-state index in [1.54, 1.807) is 18.0 Å². The molecule has 8 nitrogen and oxygen atoms in total. The van der Waals surface area contributed by atoms with Gasteiger partial charge in [-0.2, -0.15) is 5.10 Å². The van der Waals surface area contributed by atoms with Crippen LogP contribution in [0.5, 0.6) is 5.75 Å². The minimum Gasteiger partial charge on any atom is -0.493 e. The van der Waals surface area contributed by atoms with Gasteiger partial charge >= 0.3 is 0 Å². The maximum atomic E-state index is 12.9. The zero-order chi connectivity index (χ0) is 20.1. The molecular weight excluding hydrogens is 372 g/mol. The third-order valence-electron chi connectivity index (χ3n) is 5.63. The Kier molecular flexibility index (Phi) is 6.43. The highest BCUT2D eigenvalue weighted by Gasteiger charge is 2.32. The average molecular weight is 400 g/mol. The van der Waals surface area contributed by atoms with Crippen molar-refractivity contribution in [1.82, 2.24) is 20.0 Å². The van der Waals surface area contributed by atoms with Crippen LogP contribution in [0.15, 0.2) is 36.5 Å². The first-order valence-corrected chi connectivity index (χ1v) is 10.1. The summed E-state index contributed by atoms with van der Waals surface area (Å²) in [6.45, 7) is 5.29. The molecule has 0 radical (unpaired) electrons. The first-order chi connectivity index (χ1) is 14.3. The molecule has 4 rings (SSSR count). The number of hydrogen-bond donors (Lipinski definition) is 1. The van der Waals surface area contributed by atoms with E-state index >= 15 is 0 Å². The Morgan fingerprint density at radius 2 is 2.03 bits per heavy atom. The fraction of sp³-hybridized carbons (Fsp3) is 0.524. The van der Waals surface area contributed by atoms with Crippen molar-refractivity contribution in [1.29, 1.82) is 0 Å². The summed E-state index contributed by atoms with van der Waals surface area (Å²) in [5.74, 6) is 0.643. The lowest BCUT2D eigenvalue weighted by Crippen LogP contribution is -2.52. The van der Waals surface area contributed by atoms with Gasteiger partial charge in [0.15, 0.2) is 11.4 Å². The van der Waals surface area contributed by atoms with Crippen LogP contribution in [0.3, 0.4) is 0 Å². The van der Waals surface area contributed by atoms with Gasteiger partial charge in [0.2, 0.25) is 0 Å². The van der Waals surface area contributed by atoms with E-state index in [-0.39, 0.29) is 11.9 Å². The molecular formula is C21H28N4O4. The lowest BCUT2D eigenvalue weighted by atomic mass is 9.97. The highest BCUT2D eigenvalue weighted by molar-refractivity contribution is 5.95. The van der Waals surface area contributed by atoms with Crippen LogP contribution >= 0.6 is 0 Å². The topological polar surface area (TPSA) is 77.9 Å². The average Bonchev–Trinajstić information content (AvgIpc) is 3.45. The third kappa shape index (κ3) is 4.60. The number of para-hydroxylation sites is 1. The van der Waals surface area contributed by atoms with Crippen molar-refractivity contribution in [2.24, 2.45) is 5.92 Å². The summed E-state index contributed by atoms with van der Waals surface area (Å²) < 4.78 is 18.2. The molecule has 1 aromatic heterocycles. The summed E-state index contributed by atoms with van der Waals surface area (Å²) >= 11 is 0. The Bertz CT molecular complexity index is 798. The maximum Gasteiger partial charge on any atom is 0.275 e. The van der Waals surface area contributed by atoms with Crippen molar-refractivity contribution < 1.29 is 19.0 Å². The normalized spacial score (nSPS) is 21.1. The molecule has 2 aliphatic heterocycles. The van der Waals surface area contributed by atoms with Gasteiger partial charge in [-0.25, -0.2) is 4.68 Å². The summed E-state index contributed by atoms with van der Waals surface area (Å²) in [6.07, 6.45) is 2.75. The molecule has 2 aromatic rings. The Morgan fingerprint density at radius 3 is 2.72 bits per heavy atom. The summed E-state index contributed by atoms with van der Waals surface area (Å²) in [5.41, 5.74) is 1.17. The van der Waals surface area contributed by atoms with Crippen LogP contribution in [-0.2, 0) is 9.47 Å². The lowest BCUT2D eigenvalue weighted by molar-refractivity contribution is 0.00164. The molecule has 0 aliphatic carbocycles. The number of benzene rings is 1. The van der Waals surface area contributed by atoms with E-state index in [1.165, 1.54) is 0 Å². The largest absolute Gasteiger partial charge is 0.493 e. The van der Waals surface area contributed by atoms with Crippen LogP contribution in [0.1, 0.15) is 16.9 Å². The number of amides is 1. The molecule has 156 valence electrons. The zero-order valence-corrected chi connectivity index (χ0v) is 16.8. The van der Waals surface area contributed by atoms with Gasteiger partial charge in [0.05, 0.1) is 38.8 Å². The van der Waals surface area contributed by atoms with E-state index in [4.69, 9.17) is 14.2 Å². The van der Waals surface area contributed by atoms with E-state index in [2.05, 4.69) is 15.3 Å². The van der Waals surface area contributed by atoms with Gasteiger partial charge in [-0.05, 0) is 18.6 Å². The first kappa shape index (κ1) is 19.9. The van der Waals surface area contributed by atoms with Crippen LogP contribution in [0.25, 0.3) is 5.69 Å². The molecule has 0 spiro atoms. The predicted octanol–water partition coefficient (Wildman–Crippen LogP) is 1.35. The Balaban J connectivity index is 1.46. The van der Waals surface area contributed by atoms with Crippen LogP contribution in [-0.4, -0.2) is 79.8 Å². The monoisotopic (exact) mass is 400 g/mol. The number of morpholine rings is 1. The molecule has 0 bridgehead atoms. The van der Waals surface area contributed by atoms with Gasteiger partial charge in [0.25, 0.3) is 5.91 Å². The fourth-order valence-corrected chi connectivity index (χ4v) is 4.02. The van der Waals surface area contributed by atoms with E-state index < -0.39 is 0 Å². The summed E-state index contributed by atoms with van der Waals surface area (Å²) in [5, 5.41) is 7.54. The molecule has 1 aromatic carbocycles. The predicted molar refractivity (Wildman–Crippen MR) is 108 cm³/mol. The van der Waals surface area contributed by atoms with Crippen molar-refractivity contribution in [3.63, 3.8) is 0 Å². The molecule has 2 aliphatic rings. The van der Waals surface area contributed by atoms with Gasteiger partial charge < -0.3 is 19.5 Å². The smallest absolute Gasteiger partial charge is 0.275 e. The number of nitrogens with one attached hydrogen (secondary N) is 1. The minimum atomic E-state index is -0.228. The molecule has 1 amide bonds. The Labute approximate surface area is 170 Å². The number of hydrogen-bond acceptors (Lipinski definition) is 6. The molecule has 0 saturated carbocycles. The van der Waals surface area contributed by atoms with E-state index in [1.807, 2.05) is 30.3 Å². The summed E-state index contributed by atoms with van der Waals surface area (Å²) in [7, 11) is 1.55. The second-order valence-corrected chi connectivity index (χ2v) is 7.38. The van der Waals surface area contributed by atoms with Crippen molar-refractivity contribution in [3.05, 3.63) is 42.2 Å². The minimum absolute atomic E-state index is 0.228. The van der Waals surface area contributed by atoms with Gasteiger partial charge in [0, 0.05) is 38.2 Å². The van der Waals surface area contributed by atoms with Crippen molar-refractivity contribution in [2.45, 2.75) is 12.5 Å². The van der Waals surface area contributed by atoms with Crippen molar-refractivity contribution in [2.75, 3.05) is 53.2 Å². The number of carbonyl (C=O) groups excluding carboxylic acids is 1.